The second-order valence-electron chi connectivity index (χ2n) is 1.70. The molecule has 0 bridgehead atoms. The number of amides is 1. The van der Waals surface area contributed by atoms with Gasteiger partial charge in [-0.05, 0) is 0 Å². The molecule has 6 heteroatoms. The summed E-state index contributed by atoms with van der Waals surface area (Å²) in [4.78, 5) is 20.5. The molecule has 0 aliphatic carbocycles. The summed E-state index contributed by atoms with van der Waals surface area (Å²) >= 11 is 5.27. The van der Waals surface area contributed by atoms with Crippen LogP contribution in [0.3, 0.4) is 0 Å². The average molecular weight is 182 g/mol. The average Bonchev–Trinajstić information content (AvgIpc) is 1.98. The van der Waals surface area contributed by atoms with Gasteiger partial charge in [0.05, 0.1) is 20.1 Å². The number of nitrogens with zero attached hydrogens (tertiary/aromatic N) is 1. The lowest BCUT2D eigenvalue weighted by molar-refractivity contribution is -0.137. The van der Waals surface area contributed by atoms with Crippen molar-refractivity contribution in [2.75, 3.05) is 13.7 Å². The third-order valence-electron chi connectivity index (χ3n) is 0.895. The van der Waals surface area contributed by atoms with Crippen LogP contribution in [0, 0.1) is 0 Å². The van der Waals surface area contributed by atoms with Crippen LogP contribution in [0.1, 0.15) is 6.42 Å². The summed E-state index contributed by atoms with van der Waals surface area (Å²) in [6.45, 7) is -0.0659. The number of hydrogen-bond donors (Lipinski definition) is 1. The van der Waals surface area contributed by atoms with Crippen LogP contribution in [-0.4, -0.2) is 35.2 Å². The van der Waals surface area contributed by atoms with Crippen molar-refractivity contribution >= 4 is 23.8 Å². The first-order valence-corrected chi connectivity index (χ1v) is 3.14. The number of rotatable bonds is 3. The van der Waals surface area contributed by atoms with E-state index in [9.17, 15) is 9.59 Å². The van der Waals surface area contributed by atoms with Gasteiger partial charge in [0.1, 0.15) is 0 Å². The van der Waals surface area contributed by atoms with Crippen molar-refractivity contribution < 1.29 is 19.4 Å². The number of methoxy groups -OCH3 is 1. The lowest BCUT2D eigenvalue weighted by atomic mass is 10.4. The highest BCUT2D eigenvalue weighted by Gasteiger charge is 2.11. The van der Waals surface area contributed by atoms with Crippen LogP contribution in [0.15, 0.2) is 0 Å². The maximum absolute atomic E-state index is 10.5. The molecule has 1 amide bonds. The van der Waals surface area contributed by atoms with Gasteiger partial charge in [0, 0.05) is 11.8 Å². The van der Waals surface area contributed by atoms with E-state index in [4.69, 9.17) is 16.9 Å². The minimum atomic E-state index is -1.01. The van der Waals surface area contributed by atoms with E-state index in [1.54, 1.807) is 0 Å². The first-order chi connectivity index (χ1) is 5.07. The molecule has 0 aromatic heterocycles. The predicted octanol–water partition coefficient (Wildman–Crippen LogP) is 0.683. The highest BCUT2D eigenvalue weighted by atomic mass is 35.5. The molecule has 0 aliphatic heterocycles. The molecule has 0 aromatic carbocycles. The topological polar surface area (TPSA) is 66.8 Å². The van der Waals surface area contributed by atoms with Gasteiger partial charge in [-0.25, -0.2) is 9.21 Å². The smallest absolute Gasteiger partial charge is 0.424 e. The fourth-order valence-corrected chi connectivity index (χ4v) is 0.538. The van der Waals surface area contributed by atoms with Gasteiger partial charge < -0.3 is 9.84 Å². The Labute approximate surface area is 68.6 Å². The van der Waals surface area contributed by atoms with Gasteiger partial charge in [-0.1, -0.05) is 0 Å². The summed E-state index contributed by atoms with van der Waals surface area (Å²) in [5, 5.41) is 8.18. The first-order valence-electron chi connectivity index (χ1n) is 2.81. The molecule has 0 aliphatic rings. The van der Waals surface area contributed by atoms with Gasteiger partial charge in [-0.3, -0.25) is 4.79 Å². The van der Waals surface area contributed by atoms with Crippen LogP contribution in [0.2, 0.25) is 0 Å². The molecule has 5 nitrogen and oxygen atoms in total. The van der Waals surface area contributed by atoms with Gasteiger partial charge >= 0.3 is 12.1 Å². The molecule has 0 fully saturated rings. The van der Waals surface area contributed by atoms with Crippen LogP contribution in [0.5, 0.6) is 0 Å². The summed E-state index contributed by atoms with van der Waals surface area (Å²) < 4.78 is 4.88. The number of hydrogen-bond acceptors (Lipinski definition) is 3. The molecule has 0 rings (SSSR count). The highest BCUT2D eigenvalue weighted by molar-refractivity contribution is 6.20. The Hall–Kier alpha value is -0.970. The maximum atomic E-state index is 10.5. The molecule has 0 saturated carbocycles. The van der Waals surface area contributed by atoms with E-state index in [0.29, 0.717) is 4.42 Å². The van der Waals surface area contributed by atoms with E-state index in [1.165, 1.54) is 7.11 Å². The van der Waals surface area contributed by atoms with Crippen molar-refractivity contribution in [2.45, 2.75) is 6.42 Å². The van der Waals surface area contributed by atoms with Crippen LogP contribution >= 0.6 is 11.8 Å². The zero-order chi connectivity index (χ0) is 8.85. The van der Waals surface area contributed by atoms with Gasteiger partial charge in [-0.15, -0.1) is 0 Å². The number of carboxylic acids is 1. The first kappa shape index (κ1) is 10.0. The van der Waals surface area contributed by atoms with E-state index in [0.717, 1.165) is 0 Å². The fraction of sp³-hybridized carbons (Fsp3) is 0.600. The second kappa shape index (κ2) is 4.79. The summed E-state index contributed by atoms with van der Waals surface area (Å²) in [5.74, 6) is -1.01. The molecule has 11 heavy (non-hydrogen) atoms. The molecule has 0 atom stereocenters. The van der Waals surface area contributed by atoms with Gasteiger partial charge in [0.15, 0.2) is 0 Å². The van der Waals surface area contributed by atoms with Crippen LogP contribution in [-0.2, 0) is 9.53 Å². The fourth-order valence-electron chi connectivity index (χ4n) is 0.384. The molecule has 64 valence electrons. The largest absolute Gasteiger partial charge is 0.481 e. The molecule has 0 radical (unpaired) electrons. The van der Waals surface area contributed by atoms with Crippen molar-refractivity contribution in [3.8, 4) is 0 Å². The van der Waals surface area contributed by atoms with Gasteiger partial charge in [0.2, 0.25) is 0 Å². The SMILES string of the molecule is COC(=O)N(Cl)CCC(=O)O. The Balaban J connectivity index is 3.60. The summed E-state index contributed by atoms with van der Waals surface area (Å²) in [5.41, 5.74) is 0. The van der Waals surface area contributed by atoms with Crippen LogP contribution < -0.4 is 0 Å². The van der Waals surface area contributed by atoms with E-state index >= 15 is 0 Å². The third kappa shape index (κ3) is 4.44. The Morgan fingerprint density at radius 2 is 2.18 bits per heavy atom. The number of halogens is 1. The molecule has 0 heterocycles. The minimum absolute atomic E-state index is 0.0659. The van der Waals surface area contributed by atoms with E-state index in [2.05, 4.69) is 4.74 Å². The Bertz CT molecular complexity index is 161. The van der Waals surface area contributed by atoms with E-state index < -0.39 is 12.1 Å². The highest BCUT2D eigenvalue weighted by Crippen LogP contribution is 1.98. The predicted molar refractivity (Wildman–Crippen MR) is 37.2 cm³/mol. The van der Waals surface area contributed by atoms with Crippen molar-refractivity contribution in [1.82, 2.24) is 4.42 Å². The quantitative estimate of drug-likeness (QED) is 0.651. The number of carbonyl (C=O) groups excluding carboxylic acids is 1. The maximum Gasteiger partial charge on any atom is 0.424 e. The van der Waals surface area contributed by atoms with Crippen LogP contribution in [0.4, 0.5) is 4.79 Å². The number of ether oxygens (including phenoxy) is 1. The Morgan fingerprint density at radius 3 is 2.55 bits per heavy atom. The Kier molecular flexibility index (Phi) is 4.36. The van der Waals surface area contributed by atoms with Gasteiger partial charge in [-0.2, -0.15) is 0 Å². The third-order valence-corrected chi connectivity index (χ3v) is 1.20. The second-order valence-corrected chi connectivity index (χ2v) is 2.11. The van der Waals surface area contributed by atoms with Crippen molar-refractivity contribution in [3.63, 3.8) is 0 Å². The summed E-state index contributed by atoms with van der Waals surface area (Å²) in [6.07, 6.45) is -0.952. The molecule has 0 aromatic rings. The zero-order valence-corrected chi connectivity index (χ0v) is 6.67. The summed E-state index contributed by atoms with van der Waals surface area (Å²) in [6, 6.07) is 0. The normalized spacial score (nSPS) is 8.91. The standard InChI is InChI=1S/C5H8ClNO4/c1-11-5(10)7(6)3-2-4(8)9/h2-3H2,1H3,(H,8,9). The van der Waals surface area contributed by atoms with Crippen molar-refractivity contribution in [2.24, 2.45) is 0 Å². The monoisotopic (exact) mass is 181 g/mol. The minimum Gasteiger partial charge on any atom is -0.481 e. The van der Waals surface area contributed by atoms with Crippen molar-refractivity contribution in [1.29, 1.82) is 0 Å². The molecule has 0 spiro atoms. The zero-order valence-electron chi connectivity index (χ0n) is 5.91. The van der Waals surface area contributed by atoms with E-state index in [1.807, 2.05) is 0 Å². The lowest BCUT2D eigenvalue weighted by Gasteiger charge is -2.09. The summed E-state index contributed by atoms with van der Waals surface area (Å²) in [7, 11) is 1.17. The molecule has 0 unspecified atom stereocenters. The van der Waals surface area contributed by atoms with E-state index in [-0.39, 0.29) is 13.0 Å². The molecular weight excluding hydrogens is 174 g/mol. The Morgan fingerprint density at radius 1 is 1.64 bits per heavy atom. The molecule has 0 saturated heterocycles. The number of aliphatic carboxylic acids is 1. The van der Waals surface area contributed by atoms with Crippen LogP contribution in [0.25, 0.3) is 0 Å². The van der Waals surface area contributed by atoms with Gasteiger partial charge in [0.25, 0.3) is 0 Å². The van der Waals surface area contributed by atoms with Crippen molar-refractivity contribution in [3.05, 3.63) is 0 Å². The number of carboxylic acid groups (broad SMARTS) is 1. The lowest BCUT2D eigenvalue weighted by Crippen LogP contribution is -2.23. The molecule has 1 N–H and O–H groups in total. The molecular formula is C5H8ClNO4. The number of carbonyl (C=O) groups is 2.